The highest BCUT2D eigenvalue weighted by Crippen LogP contribution is 2.34. The van der Waals surface area contributed by atoms with Gasteiger partial charge in [0.05, 0.1) is 0 Å². The summed E-state index contributed by atoms with van der Waals surface area (Å²) in [6, 6.07) is 21.8. The summed E-state index contributed by atoms with van der Waals surface area (Å²) < 4.78 is 10.6. The summed E-state index contributed by atoms with van der Waals surface area (Å²) in [6.07, 6.45) is 12.3. The molecule has 29 heavy (non-hydrogen) atoms. The maximum absolute atomic E-state index is 10.6. The Hall–Kier alpha value is -0.980. The predicted molar refractivity (Wildman–Crippen MR) is 123 cm³/mol. The minimum absolute atomic E-state index is 0.179. The molecule has 3 nitrogen and oxygen atoms in total. The second-order valence-corrected chi connectivity index (χ2v) is 11.7. The lowest BCUT2D eigenvalue weighted by Gasteiger charge is -2.29. The van der Waals surface area contributed by atoms with Gasteiger partial charge in [0.15, 0.2) is 0 Å². The smallest absolute Gasteiger partial charge is 0.0195 e. The Balaban J connectivity index is 1.56. The van der Waals surface area contributed by atoms with Crippen LogP contribution in [0.3, 0.4) is 0 Å². The third-order valence-corrected chi connectivity index (χ3v) is 8.67. The second kappa shape index (κ2) is 14.1. The first-order chi connectivity index (χ1) is 14.1. The number of hydrogen-bond donors (Lipinski definition) is 0. The molecule has 160 valence electrons. The Morgan fingerprint density at radius 1 is 0.586 bits per heavy atom. The average molecular weight is 432 g/mol. The molecule has 0 aliphatic carbocycles. The first-order valence-electron chi connectivity index (χ1n) is 10.9. The van der Waals surface area contributed by atoms with Gasteiger partial charge in [0.1, 0.15) is 0 Å². The van der Waals surface area contributed by atoms with Crippen LogP contribution in [-0.4, -0.2) is 12.3 Å². The molecule has 2 aromatic rings. The molecule has 0 saturated carbocycles. The van der Waals surface area contributed by atoms with Crippen molar-refractivity contribution in [1.82, 2.24) is 0 Å². The van der Waals surface area contributed by atoms with Gasteiger partial charge in [-0.05, 0) is 43.7 Å². The van der Waals surface area contributed by atoms with Gasteiger partial charge in [-0.3, -0.25) is 0 Å². The SMILES string of the molecule is O=P([O-])([O-])CCCCCCCCCCCCP(c1ccccc1)c1ccccc1. The van der Waals surface area contributed by atoms with Gasteiger partial charge < -0.3 is 14.4 Å². The van der Waals surface area contributed by atoms with Crippen molar-refractivity contribution in [3.63, 3.8) is 0 Å². The van der Waals surface area contributed by atoms with Crippen molar-refractivity contribution in [2.45, 2.75) is 64.2 Å². The molecule has 0 N–H and O–H groups in total. The van der Waals surface area contributed by atoms with Gasteiger partial charge in [0.2, 0.25) is 0 Å². The molecule has 2 rings (SSSR count). The molecule has 0 amide bonds. The molecule has 0 aliphatic heterocycles. The Labute approximate surface area is 177 Å². The van der Waals surface area contributed by atoms with Crippen molar-refractivity contribution in [2.24, 2.45) is 0 Å². The van der Waals surface area contributed by atoms with Crippen molar-refractivity contribution in [3.05, 3.63) is 60.7 Å². The molecule has 0 heterocycles. The largest absolute Gasteiger partial charge is 0.811 e. The van der Waals surface area contributed by atoms with Gasteiger partial charge in [0, 0.05) is 0 Å². The number of unbranched alkanes of at least 4 members (excludes halogenated alkanes) is 9. The third kappa shape index (κ3) is 11.1. The van der Waals surface area contributed by atoms with Crippen molar-refractivity contribution in [2.75, 3.05) is 12.3 Å². The average Bonchev–Trinajstić information content (AvgIpc) is 2.72. The van der Waals surface area contributed by atoms with E-state index in [0.29, 0.717) is 6.42 Å². The monoisotopic (exact) mass is 432 g/mol. The van der Waals surface area contributed by atoms with Crippen molar-refractivity contribution in [3.8, 4) is 0 Å². The number of rotatable bonds is 15. The van der Waals surface area contributed by atoms with Gasteiger partial charge in [-0.2, -0.15) is 0 Å². The minimum atomic E-state index is -4.29. The first-order valence-corrected chi connectivity index (χ1v) is 14.2. The molecular formula is C24H34O3P2-2. The van der Waals surface area contributed by atoms with Crippen molar-refractivity contribution < 1.29 is 14.4 Å². The van der Waals surface area contributed by atoms with E-state index in [1.54, 1.807) is 0 Å². The molecular weight excluding hydrogens is 398 g/mol. The molecule has 0 bridgehead atoms. The van der Waals surface area contributed by atoms with Gasteiger partial charge in [-0.25, -0.2) is 0 Å². The molecule has 0 aliphatic rings. The summed E-state index contributed by atoms with van der Waals surface area (Å²) in [4.78, 5) is 21.1. The zero-order valence-electron chi connectivity index (χ0n) is 17.4. The normalized spacial score (nSPS) is 11.8. The van der Waals surface area contributed by atoms with E-state index < -0.39 is 7.60 Å². The Morgan fingerprint density at radius 3 is 1.38 bits per heavy atom. The molecule has 0 radical (unpaired) electrons. The molecule has 0 unspecified atom stereocenters. The molecule has 2 aromatic carbocycles. The molecule has 0 fully saturated rings. The maximum Gasteiger partial charge on any atom is -0.0195 e. The highest BCUT2D eigenvalue weighted by atomic mass is 31.2. The number of benzene rings is 2. The van der Waals surface area contributed by atoms with E-state index in [-0.39, 0.29) is 14.1 Å². The second-order valence-electron chi connectivity index (χ2n) is 7.69. The molecule has 0 aromatic heterocycles. The third-order valence-electron chi connectivity index (χ3n) is 5.20. The lowest BCUT2D eigenvalue weighted by molar-refractivity contribution is -0.313. The summed E-state index contributed by atoms with van der Waals surface area (Å²) in [5.74, 6) is 0. The van der Waals surface area contributed by atoms with E-state index >= 15 is 0 Å². The van der Waals surface area contributed by atoms with E-state index in [9.17, 15) is 14.4 Å². The Morgan fingerprint density at radius 2 is 0.966 bits per heavy atom. The van der Waals surface area contributed by atoms with Crippen LogP contribution in [-0.2, 0) is 4.57 Å². The minimum Gasteiger partial charge on any atom is -0.811 e. The summed E-state index contributed by atoms with van der Waals surface area (Å²) in [5.41, 5.74) is 0. The van der Waals surface area contributed by atoms with Crippen LogP contribution in [0.5, 0.6) is 0 Å². The summed E-state index contributed by atoms with van der Waals surface area (Å²) in [5, 5.41) is 2.94. The molecule has 0 atom stereocenters. The summed E-state index contributed by atoms with van der Waals surface area (Å²) in [7, 11) is -4.55. The summed E-state index contributed by atoms with van der Waals surface area (Å²) in [6.45, 7) is 0. The van der Waals surface area contributed by atoms with Gasteiger partial charge in [-0.1, -0.05) is 120 Å². The van der Waals surface area contributed by atoms with E-state index in [4.69, 9.17) is 0 Å². The van der Waals surface area contributed by atoms with Crippen molar-refractivity contribution >= 4 is 26.1 Å². The van der Waals surface area contributed by atoms with Gasteiger partial charge in [0.25, 0.3) is 0 Å². The van der Waals surface area contributed by atoms with E-state index in [0.717, 1.165) is 19.3 Å². The maximum atomic E-state index is 10.6. The van der Waals surface area contributed by atoms with Crippen LogP contribution in [0.25, 0.3) is 0 Å². The molecule has 5 heteroatoms. The lowest BCUT2D eigenvalue weighted by atomic mass is 10.1. The van der Waals surface area contributed by atoms with Crippen LogP contribution < -0.4 is 20.4 Å². The summed E-state index contributed by atoms with van der Waals surface area (Å²) >= 11 is 0. The first kappa shape index (κ1) is 24.3. The zero-order valence-corrected chi connectivity index (χ0v) is 19.2. The standard InChI is InChI=1S/C24H36O3P2/c25-29(26,27)22-16-8-6-4-2-1-3-5-7-15-21-28(23-17-11-9-12-18-23)24-19-13-10-14-20-24/h9-14,17-20H,1-8,15-16,21-22H2,(H2,25,26,27)/p-2. The van der Waals surface area contributed by atoms with Gasteiger partial charge >= 0.3 is 0 Å². The fourth-order valence-electron chi connectivity index (χ4n) is 3.61. The van der Waals surface area contributed by atoms with Crippen LogP contribution in [0, 0.1) is 0 Å². The fraction of sp³-hybridized carbons (Fsp3) is 0.500. The van der Waals surface area contributed by atoms with Crippen LogP contribution in [0.2, 0.25) is 0 Å². The quantitative estimate of drug-likeness (QED) is 0.296. The number of hydrogen-bond acceptors (Lipinski definition) is 3. The molecule has 0 saturated heterocycles. The molecule has 0 spiro atoms. The predicted octanol–water partition coefficient (Wildman–Crippen LogP) is 4.93. The van der Waals surface area contributed by atoms with Gasteiger partial charge in [-0.15, -0.1) is 0 Å². The Bertz CT molecular complexity index is 661. The topological polar surface area (TPSA) is 63.2 Å². The van der Waals surface area contributed by atoms with Crippen LogP contribution in [0.4, 0.5) is 0 Å². The van der Waals surface area contributed by atoms with E-state index in [2.05, 4.69) is 60.7 Å². The lowest BCUT2D eigenvalue weighted by Crippen LogP contribution is -2.16. The van der Waals surface area contributed by atoms with Crippen LogP contribution in [0.15, 0.2) is 60.7 Å². The highest BCUT2D eigenvalue weighted by molar-refractivity contribution is 7.73. The van der Waals surface area contributed by atoms with Crippen molar-refractivity contribution in [1.29, 1.82) is 0 Å². The fourth-order valence-corrected chi connectivity index (χ4v) is 6.64. The highest BCUT2D eigenvalue weighted by Gasteiger charge is 2.12. The van der Waals surface area contributed by atoms with Crippen LogP contribution >= 0.6 is 15.5 Å². The van der Waals surface area contributed by atoms with E-state index in [1.807, 2.05) is 0 Å². The van der Waals surface area contributed by atoms with E-state index in [1.165, 1.54) is 55.3 Å². The zero-order chi connectivity index (χ0) is 20.8. The Kier molecular flexibility index (Phi) is 11.8. The van der Waals surface area contributed by atoms with Crippen LogP contribution in [0.1, 0.15) is 64.2 Å².